The van der Waals surface area contributed by atoms with Gasteiger partial charge in [0.1, 0.15) is 0 Å². The van der Waals surface area contributed by atoms with Crippen LogP contribution < -0.4 is 0 Å². The summed E-state index contributed by atoms with van der Waals surface area (Å²) in [6.07, 6.45) is 0. The van der Waals surface area contributed by atoms with Crippen molar-refractivity contribution in [3.63, 3.8) is 0 Å². The third kappa shape index (κ3) is 547. The van der Waals surface area contributed by atoms with Crippen LogP contribution in [0.3, 0.4) is 0 Å². The van der Waals surface area contributed by atoms with Crippen LogP contribution >= 0.6 is 0 Å². The molecule has 0 aromatic rings. The van der Waals surface area contributed by atoms with E-state index >= 15 is 0 Å². The Morgan fingerprint density at radius 2 is 0.500 bits per heavy atom. The molecule has 0 aromatic heterocycles. The van der Waals surface area contributed by atoms with E-state index in [0.717, 1.165) is 0 Å². The van der Waals surface area contributed by atoms with E-state index in [1.165, 1.54) is 0 Å². The van der Waals surface area contributed by atoms with Gasteiger partial charge in [0.15, 0.2) is 0 Å². The minimum atomic E-state index is 0. The van der Waals surface area contributed by atoms with E-state index in [-0.39, 0.29) is 44.0 Å². The van der Waals surface area contributed by atoms with Gasteiger partial charge in [0.05, 0.1) is 8.41 Å². The van der Waals surface area contributed by atoms with E-state index in [2.05, 4.69) is 0 Å². The van der Waals surface area contributed by atoms with E-state index in [1.807, 2.05) is 0 Å². The monoisotopic (exact) mass is 153 g/mol. The van der Waals surface area contributed by atoms with Gasteiger partial charge < -0.3 is 0 Å². The van der Waals surface area contributed by atoms with Gasteiger partial charge in [-0.2, -0.15) is 0 Å². The summed E-state index contributed by atoms with van der Waals surface area (Å²) in [6.45, 7) is 0. The fraction of sp³-hybridized carbons (Fsp3) is 0. The maximum Gasteiger partial charge on any atom is 0.0814 e. The van der Waals surface area contributed by atoms with Crippen molar-refractivity contribution in [2.24, 2.45) is 0 Å². The molecule has 1 radical (unpaired) electrons. The average molecular weight is 153 g/mol. The van der Waals surface area contributed by atoms with Crippen LogP contribution in [0.5, 0.6) is 0 Å². The molecule has 0 saturated heterocycles. The molecule has 47 valence electrons. The molecular formula is H7BCoF4. The Labute approximate surface area is 44.9 Å². The summed E-state index contributed by atoms with van der Waals surface area (Å²) in [5, 5.41) is 0. The van der Waals surface area contributed by atoms with E-state index in [4.69, 9.17) is 0 Å². The maximum atomic E-state index is 0. The van der Waals surface area contributed by atoms with Crippen LogP contribution in [-0.2, 0) is 16.8 Å². The Balaban J connectivity index is 0. The number of halogens is 4. The molecule has 0 rings (SSSR count). The van der Waals surface area contributed by atoms with Gasteiger partial charge in [-0.3, -0.25) is 18.8 Å². The van der Waals surface area contributed by atoms with Crippen molar-refractivity contribution in [3.8, 4) is 0 Å². The second kappa shape index (κ2) is 1150. The predicted octanol–water partition coefficient (Wildman–Crippen LogP) is -0.576. The number of rotatable bonds is 0. The molecule has 0 spiro atoms. The molecule has 0 aliphatic carbocycles. The third-order valence-corrected chi connectivity index (χ3v) is 0. The van der Waals surface area contributed by atoms with Crippen molar-refractivity contribution < 1.29 is 35.6 Å². The fourth-order valence-electron chi connectivity index (χ4n) is 0. The van der Waals surface area contributed by atoms with Crippen molar-refractivity contribution in [2.75, 3.05) is 0 Å². The van der Waals surface area contributed by atoms with E-state index in [1.54, 1.807) is 0 Å². The topological polar surface area (TPSA) is 0 Å². The van der Waals surface area contributed by atoms with Crippen LogP contribution in [0.4, 0.5) is 18.8 Å². The summed E-state index contributed by atoms with van der Waals surface area (Å²) < 4.78 is 0. The third-order valence-electron chi connectivity index (χ3n) is 0. The van der Waals surface area contributed by atoms with Gasteiger partial charge in [-0.05, 0) is 0 Å². The SMILES string of the molecule is B.F.F.F.F.[Co]. The maximum absolute atomic E-state index is 0. The summed E-state index contributed by atoms with van der Waals surface area (Å²) in [7, 11) is 0. The molecule has 0 amide bonds. The zero-order chi connectivity index (χ0) is 0. The number of hydrogen-bond donors (Lipinski definition) is 0. The van der Waals surface area contributed by atoms with Crippen LogP contribution in [0.15, 0.2) is 0 Å². The standard InChI is InChI=1S/BH3.Co.4FH/h1H3;;4*1H. The van der Waals surface area contributed by atoms with Crippen molar-refractivity contribution in [1.29, 1.82) is 0 Å². The zero-order valence-corrected chi connectivity index (χ0v) is 3.01. The first-order valence-corrected chi connectivity index (χ1v) is 0. The van der Waals surface area contributed by atoms with Crippen molar-refractivity contribution in [2.45, 2.75) is 0 Å². The first-order valence-electron chi connectivity index (χ1n) is 0. The Morgan fingerprint density at radius 3 is 0.500 bits per heavy atom. The number of hydrogen-bond acceptors (Lipinski definition) is 0. The van der Waals surface area contributed by atoms with Crippen LogP contribution in [0.2, 0.25) is 0 Å². The molecule has 0 aliphatic heterocycles. The fourth-order valence-corrected chi connectivity index (χ4v) is 0. The first-order chi connectivity index (χ1) is 0. The summed E-state index contributed by atoms with van der Waals surface area (Å²) in [5.41, 5.74) is 0. The summed E-state index contributed by atoms with van der Waals surface area (Å²) in [5.74, 6) is 0. The quantitative estimate of drug-likeness (QED) is 0.322. The molecule has 0 heterocycles. The molecule has 0 aromatic carbocycles. The second-order valence-electron chi connectivity index (χ2n) is 0. The molecule has 0 bridgehead atoms. The second-order valence-corrected chi connectivity index (χ2v) is 0. The Morgan fingerprint density at radius 1 is 0.500 bits per heavy atom. The molecular weight excluding hydrogens is 146 g/mol. The predicted molar refractivity (Wildman–Crippen MR) is 20.0 cm³/mol. The molecule has 0 unspecified atom stereocenters. The minimum Gasteiger partial charge on any atom is -0.269 e. The van der Waals surface area contributed by atoms with Crippen molar-refractivity contribution in [1.82, 2.24) is 0 Å². The first kappa shape index (κ1) is 2070. The van der Waals surface area contributed by atoms with Gasteiger partial charge in [0.2, 0.25) is 0 Å². The van der Waals surface area contributed by atoms with Gasteiger partial charge in [0.25, 0.3) is 0 Å². The summed E-state index contributed by atoms with van der Waals surface area (Å²) >= 11 is 0. The Bertz CT molecular complexity index is 7.51. The van der Waals surface area contributed by atoms with Crippen LogP contribution in [-0.4, -0.2) is 8.41 Å². The molecule has 0 aliphatic rings. The van der Waals surface area contributed by atoms with Crippen LogP contribution in [0, 0.1) is 0 Å². The molecule has 0 nitrogen and oxygen atoms in total. The summed E-state index contributed by atoms with van der Waals surface area (Å²) in [6, 6.07) is 0. The van der Waals surface area contributed by atoms with Crippen molar-refractivity contribution >= 4 is 8.41 Å². The molecule has 6 heteroatoms. The average Bonchev–Trinajstić information content (AvgIpc) is 0. The van der Waals surface area contributed by atoms with Gasteiger partial charge in [0, 0.05) is 16.8 Å². The molecule has 6 heavy (non-hydrogen) atoms. The van der Waals surface area contributed by atoms with Gasteiger partial charge >= 0.3 is 0 Å². The van der Waals surface area contributed by atoms with Crippen molar-refractivity contribution in [3.05, 3.63) is 0 Å². The smallest absolute Gasteiger partial charge is 0.0814 e. The molecule has 0 N–H and O–H groups in total. The van der Waals surface area contributed by atoms with E-state index < -0.39 is 0 Å². The zero-order valence-electron chi connectivity index (χ0n) is 1.97. The Hall–Kier alpha value is 0.291. The van der Waals surface area contributed by atoms with Gasteiger partial charge in [-0.1, -0.05) is 0 Å². The Kier molecular flexibility index (Phi) is 397000. The molecule has 0 fully saturated rings. The van der Waals surface area contributed by atoms with Crippen LogP contribution in [0.25, 0.3) is 0 Å². The van der Waals surface area contributed by atoms with Gasteiger partial charge in [-0.25, -0.2) is 0 Å². The largest absolute Gasteiger partial charge is 0.269 e. The van der Waals surface area contributed by atoms with E-state index in [0.29, 0.717) is 0 Å². The minimum absolute atomic E-state index is 0. The van der Waals surface area contributed by atoms with Crippen LogP contribution in [0.1, 0.15) is 0 Å². The van der Waals surface area contributed by atoms with E-state index in [9.17, 15) is 0 Å². The van der Waals surface area contributed by atoms with Gasteiger partial charge in [-0.15, -0.1) is 0 Å². The molecule has 0 saturated carbocycles. The normalized spacial score (nSPS) is 0. The summed E-state index contributed by atoms with van der Waals surface area (Å²) in [4.78, 5) is 0. The molecule has 0 atom stereocenters.